The second-order valence-electron chi connectivity index (χ2n) is 11.2. The predicted octanol–water partition coefficient (Wildman–Crippen LogP) is 3.35. The summed E-state index contributed by atoms with van der Waals surface area (Å²) < 4.78 is 0. The van der Waals surface area contributed by atoms with Crippen LogP contribution in [0.3, 0.4) is 0 Å². The molecule has 0 aromatic heterocycles. The fourth-order valence-corrected chi connectivity index (χ4v) is 8.43. The Morgan fingerprint density at radius 2 is 1.82 bits per heavy atom. The topological polar surface area (TPSA) is 77.4 Å². The Kier molecular flexibility index (Phi) is 5.17. The number of hydrogen-bond donors (Lipinski definition) is 1. The number of ketones is 1. The Bertz CT molecular complexity index is 645. The highest BCUT2D eigenvalue weighted by molar-refractivity contribution is 5.83. The van der Waals surface area contributed by atoms with Crippen LogP contribution in [0.25, 0.3) is 0 Å². The molecule has 28 heavy (non-hydrogen) atoms. The third-order valence-electron chi connectivity index (χ3n) is 10.0. The largest absolute Gasteiger partial charge is 0.550 e. The fraction of sp³-hybridized carbons (Fsp3) is 0.917. The van der Waals surface area contributed by atoms with Crippen LogP contribution in [-0.4, -0.2) is 23.0 Å². The van der Waals surface area contributed by atoms with Gasteiger partial charge in [-0.25, -0.2) is 0 Å². The Balaban J connectivity index is 1.56. The van der Waals surface area contributed by atoms with Gasteiger partial charge in [-0.15, -0.1) is 0 Å². The second kappa shape index (κ2) is 7.11. The second-order valence-corrected chi connectivity index (χ2v) is 11.2. The van der Waals surface area contributed by atoms with Crippen LogP contribution in [0, 0.1) is 46.3 Å². The van der Waals surface area contributed by atoms with Gasteiger partial charge in [0.25, 0.3) is 0 Å². The van der Waals surface area contributed by atoms with Crippen molar-refractivity contribution < 1.29 is 19.8 Å². The van der Waals surface area contributed by atoms with E-state index in [2.05, 4.69) is 20.8 Å². The molecule has 0 heterocycles. The third-order valence-corrected chi connectivity index (χ3v) is 10.0. The summed E-state index contributed by atoms with van der Waals surface area (Å²) in [5.41, 5.74) is 0.372. The van der Waals surface area contributed by atoms with E-state index in [0.29, 0.717) is 48.2 Å². The summed E-state index contributed by atoms with van der Waals surface area (Å²) in [5.74, 6) is 1.87. The normalized spacial score (nSPS) is 49.1. The molecule has 4 nitrogen and oxygen atoms in total. The molecule has 0 spiro atoms. The van der Waals surface area contributed by atoms with E-state index < -0.39 is 5.97 Å². The number of rotatable bonds is 4. The summed E-state index contributed by atoms with van der Waals surface area (Å²) in [6, 6.07) is 0. The average Bonchev–Trinajstić information content (AvgIpc) is 2.98. The molecule has 0 bridgehead atoms. The molecule has 9 atom stereocenters. The van der Waals surface area contributed by atoms with Gasteiger partial charge in [-0.2, -0.15) is 0 Å². The molecular formula is C24H37O4-. The van der Waals surface area contributed by atoms with Crippen LogP contribution >= 0.6 is 0 Å². The lowest BCUT2D eigenvalue weighted by molar-refractivity contribution is -0.306. The van der Waals surface area contributed by atoms with Gasteiger partial charge in [-0.05, 0) is 98.2 Å². The number of carboxylic acid groups (broad SMARTS) is 1. The molecule has 0 unspecified atom stereocenters. The van der Waals surface area contributed by atoms with Crippen LogP contribution in [0.15, 0.2) is 0 Å². The van der Waals surface area contributed by atoms with Gasteiger partial charge in [0.2, 0.25) is 0 Å². The van der Waals surface area contributed by atoms with Gasteiger partial charge in [-0.3, -0.25) is 4.79 Å². The molecule has 0 radical (unpaired) electrons. The molecular weight excluding hydrogens is 352 g/mol. The molecule has 0 saturated heterocycles. The van der Waals surface area contributed by atoms with Gasteiger partial charge in [0.15, 0.2) is 0 Å². The average molecular weight is 390 g/mol. The highest BCUT2D eigenvalue weighted by Gasteiger charge is 2.62. The monoisotopic (exact) mass is 389 g/mol. The zero-order valence-electron chi connectivity index (χ0n) is 17.8. The van der Waals surface area contributed by atoms with E-state index in [9.17, 15) is 19.8 Å². The van der Waals surface area contributed by atoms with E-state index in [4.69, 9.17) is 0 Å². The molecule has 4 aliphatic carbocycles. The molecule has 4 aliphatic rings. The summed E-state index contributed by atoms with van der Waals surface area (Å²) in [7, 11) is 0. The van der Waals surface area contributed by atoms with Gasteiger partial charge in [0, 0.05) is 18.3 Å². The SMILES string of the molecule is C[C@H](CCC(=O)[O-])[C@H]1CC[C@H]2[C@@H]3C(=O)C[C@@H]4C[C@@H](O)CC[C@]4(C)[C@H]3CC[C@]12C. The van der Waals surface area contributed by atoms with Crippen LogP contribution in [0.2, 0.25) is 0 Å². The molecule has 0 aromatic carbocycles. The van der Waals surface area contributed by atoms with Crippen LogP contribution in [0.1, 0.15) is 85.0 Å². The number of aliphatic carboxylic acids is 1. The summed E-state index contributed by atoms with van der Waals surface area (Å²) in [6.45, 7) is 7.01. The van der Waals surface area contributed by atoms with Crippen molar-refractivity contribution >= 4 is 11.8 Å². The highest BCUT2D eigenvalue weighted by atomic mass is 16.4. The first kappa shape index (κ1) is 20.4. The van der Waals surface area contributed by atoms with E-state index in [0.717, 1.165) is 44.9 Å². The first-order valence-electron chi connectivity index (χ1n) is 11.6. The summed E-state index contributed by atoms with van der Waals surface area (Å²) in [4.78, 5) is 24.3. The Labute approximate surface area is 169 Å². The molecule has 158 valence electrons. The minimum absolute atomic E-state index is 0.144. The van der Waals surface area contributed by atoms with E-state index in [1.165, 1.54) is 0 Å². The molecule has 4 heteroatoms. The van der Waals surface area contributed by atoms with Crippen molar-refractivity contribution in [3.8, 4) is 0 Å². The lowest BCUT2D eigenvalue weighted by Gasteiger charge is -2.60. The first-order chi connectivity index (χ1) is 13.2. The van der Waals surface area contributed by atoms with Crippen molar-refractivity contribution in [2.24, 2.45) is 46.3 Å². The van der Waals surface area contributed by atoms with Crippen molar-refractivity contribution in [2.45, 2.75) is 91.1 Å². The lowest BCUT2D eigenvalue weighted by Crippen LogP contribution is -2.57. The number of aliphatic hydroxyl groups excluding tert-OH is 1. The van der Waals surface area contributed by atoms with E-state index in [-0.39, 0.29) is 29.3 Å². The number of hydrogen-bond acceptors (Lipinski definition) is 4. The zero-order valence-corrected chi connectivity index (χ0v) is 17.8. The van der Waals surface area contributed by atoms with E-state index in [1.54, 1.807) is 0 Å². The number of Topliss-reactive ketones (excluding diaryl/α,β-unsaturated/α-hetero) is 1. The Hall–Kier alpha value is -0.900. The number of aliphatic hydroxyl groups is 1. The van der Waals surface area contributed by atoms with Crippen molar-refractivity contribution in [1.29, 1.82) is 0 Å². The molecule has 4 saturated carbocycles. The number of carboxylic acids is 1. The summed E-state index contributed by atoms with van der Waals surface area (Å²) >= 11 is 0. The maximum Gasteiger partial charge on any atom is 0.136 e. The van der Waals surface area contributed by atoms with Crippen LogP contribution in [0.5, 0.6) is 0 Å². The summed E-state index contributed by atoms with van der Waals surface area (Å²) in [5, 5.41) is 21.1. The molecule has 4 fully saturated rings. The van der Waals surface area contributed by atoms with Crippen molar-refractivity contribution in [3.05, 3.63) is 0 Å². The van der Waals surface area contributed by atoms with Crippen molar-refractivity contribution in [3.63, 3.8) is 0 Å². The first-order valence-corrected chi connectivity index (χ1v) is 11.6. The predicted molar refractivity (Wildman–Crippen MR) is 105 cm³/mol. The van der Waals surface area contributed by atoms with E-state index in [1.807, 2.05) is 0 Å². The molecule has 0 aliphatic heterocycles. The fourth-order valence-electron chi connectivity index (χ4n) is 8.43. The van der Waals surface area contributed by atoms with Gasteiger partial charge in [0.05, 0.1) is 6.10 Å². The van der Waals surface area contributed by atoms with Crippen LogP contribution in [0.4, 0.5) is 0 Å². The highest BCUT2D eigenvalue weighted by Crippen LogP contribution is 2.67. The maximum atomic E-state index is 13.3. The van der Waals surface area contributed by atoms with Gasteiger partial charge in [0.1, 0.15) is 5.78 Å². The quantitative estimate of drug-likeness (QED) is 0.800. The third kappa shape index (κ3) is 3.05. The number of fused-ring (bicyclic) bond motifs is 5. The molecule has 1 N–H and O–H groups in total. The minimum Gasteiger partial charge on any atom is -0.550 e. The van der Waals surface area contributed by atoms with E-state index >= 15 is 0 Å². The van der Waals surface area contributed by atoms with Gasteiger partial charge >= 0.3 is 0 Å². The van der Waals surface area contributed by atoms with Crippen molar-refractivity contribution in [1.82, 2.24) is 0 Å². The van der Waals surface area contributed by atoms with Gasteiger partial charge < -0.3 is 15.0 Å². The number of carbonyl (C=O) groups is 2. The Morgan fingerprint density at radius 1 is 1.14 bits per heavy atom. The summed E-state index contributed by atoms with van der Waals surface area (Å²) in [6.07, 6.45) is 8.54. The molecule has 0 amide bonds. The van der Waals surface area contributed by atoms with Crippen molar-refractivity contribution in [2.75, 3.05) is 0 Å². The number of carbonyl (C=O) groups excluding carboxylic acids is 2. The standard InChI is InChI=1S/C24H38O4/c1-14(4-7-21(27)28)17-5-6-18-22-19(9-11-24(17,18)3)23(2)10-8-16(25)12-15(23)13-20(22)26/h14-19,22,25H,4-13H2,1-3H3,(H,27,28)/p-1/t14-,15+,16+,17-,18+,19+,22+,23+,24-/m1/s1. The lowest BCUT2D eigenvalue weighted by atomic mass is 9.44. The van der Waals surface area contributed by atoms with Gasteiger partial charge in [-0.1, -0.05) is 20.8 Å². The maximum absolute atomic E-state index is 13.3. The smallest absolute Gasteiger partial charge is 0.136 e. The minimum atomic E-state index is -0.948. The zero-order chi connectivity index (χ0) is 20.3. The van der Waals surface area contributed by atoms with Crippen LogP contribution in [-0.2, 0) is 9.59 Å². The molecule has 0 aromatic rings. The van der Waals surface area contributed by atoms with Crippen LogP contribution < -0.4 is 5.11 Å². The molecule has 4 rings (SSSR count). The Morgan fingerprint density at radius 3 is 2.54 bits per heavy atom.